The standard InChI is InChI=1S/C21H28N4O3/c1-2-22-16-4-3-9-24(13-16)11-14-5-6-17-15(10-14)12-25(21(17)28)18-7-8-19(26)23-20(18)27/h5-6,10,16,18,22H,2-4,7-9,11-13H2,1H3,(H,23,26,27). The van der Waals surface area contributed by atoms with Crippen molar-refractivity contribution in [2.45, 2.75) is 57.8 Å². The summed E-state index contributed by atoms with van der Waals surface area (Å²) in [5.41, 5.74) is 2.86. The number of likely N-dealkylation sites (tertiary alicyclic amines) is 1. The topological polar surface area (TPSA) is 81.8 Å². The van der Waals surface area contributed by atoms with Crippen molar-refractivity contribution in [1.82, 2.24) is 20.4 Å². The largest absolute Gasteiger partial charge is 0.322 e. The number of hydrogen-bond donors (Lipinski definition) is 2. The van der Waals surface area contributed by atoms with Crippen LogP contribution in [0.3, 0.4) is 0 Å². The molecule has 0 radical (unpaired) electrons. The highest BCUT2D eigenvalue weighted by molar-refractivity contribution is 6.05. The van der Waals surface area contributed by atoms with E-state index in [0.717, 1.165) is 31.7 Å². The first-order chi connectivity index (χ1) is 13.5. The van der Waals surface area contributed by atoms with Crippen LogP contribution in [0.25, 0.3) is 0 Å². The number of carbonyl (C=O) groups excluding carboxylic acids is 3. The molecule has 2 saturated heterocycles. The highest BCUT2D eigenvalue weighted by atomic mass is 16.2. The van der Waals surface area contributed by atoms with Crippen LogP contribution in [0.1, 0.15) is 54.1 Å². The van der Waals surface area contributed by atoms with E-state index in [4.69, 9.17) is 0 Å². The smallest absolute Gasteiger partial charge is 0.255 e. The Bertz CT molecular complexity index is 792. The van der Waals surface area contributed by atoms with Gasteiger partial charge in [0.05, 0.1) is 0 Å². The number of nitrogens with one attached hydrogen (secondary N) is 2. The van der Waals surface area contributed by atoms with E-state index in [0.29, 0.717) is 24.6 Å². The lowest BCUT2D eigenvalue weighted by molar-refractivity contribution is -0.136. The fraction of sp³-hybridized carbons (Fsp3) is 0.571. The molecule has 150 valence electrons. The second-order valence-electron chi connectivity index (χ2n) is 8.02. The number of hydrogen-bond acceptors (Lipinski definition) is 5. The van der Waals surface area contributed by atoms with Gasteiger partial charge in [0.2, 0.25) is 11.8 Å². The monoisotopic (exact) mass is 384 g/mol. The molecule has 3 heterocycles. The van der Waals surface area contributed by atoms with Gasteiger partial charge in [-0.05, 0) is 49.5 Å². The zero-order chi connectivity index (χ0) is 19.7. The number of fused-ring (bicyclic) bond motifs is 1. The number of likely N-dealkylation sites (N-methyl/N-ethyl adjacent to an activating group) is 1. The molecule has 2 unspecified atom stereocenters. The van der Waals surface area contributed by atoms with Gasteiger partial charge < -0.3 is 10.2 Å². The molecule has 4 rings (SSSR count). The van der Waals surface area contributed by atoms with Crippen LogP contribution in [0.15, 0.2) is 18.2 Å². The molecule has 1 aromatic rings. The Morgan fingerprint density at radius 2 is 2.07 bits per heavy atom. The molecule has 3 aliphatic rings. The van der Waals surface area contributed by atoms with Crippen LogP contribution in [0.4, 0.5) is 0 Å². The maximum atomic E-state index is 12.8. The van der Waals surface area contributed by atoms with Crippen LogP contribution >= 0.6 is 0 Å². The molecule has 0 spiro atoms. The fourth-order valence-electron chi connectivity index (χ4n) is 4.64. The maximum absolute atomic E-state index is 12.8. The Labute approximate surface area is 165 Å². The molecule has 1 aromatic carbocycles. The molecule has 7 heteroatoms. The van der Waals surface area contributed by atoms with Crippen molar-refractivity contribution in [3.8, 4) is 0 Å². The van der Waals surface area contributed by atoms with Gasteiger partial charge in [-0.2, -0.15) is 0 Å². The van der Waals surface area contributed by atoms with E-state index in [2.05, 4.69) is 28.5 Å². The number of amides is 3. The maximum Gasteiger partial charge on any atom is 0.255 e. The highest BCUT2D eigenvalue weighted by Crippen LogP contribution is 2.28. The van der Waals surface area contributed by atoms with Gasteiger partial charge in [0.1, 0.15) is 6.04 Å². The van der Waals surface area contributed by atoms with Crippen LogP contribution in [0.5, 0.6) is 0 Å². The molecule has 0 aliphatic carbocycles. The summed E-state index contributed by atoms with van der Waals surface area (Å²) < 4.78 is 0. The summed E-state index contributed by atoms with van der Waals surface area (Å²) in [6, 6.07) is 6.03. The van der Waals surface area contributed by atoms with E-state index >= 15 is 0 Å². The number of benzene rings is 1. The van der Waals surface area contributed by atoms with Crippen molar-refractivity contribution >= 4 is 17.7 Å². The Hall–Kier alpha value is -2.25. The Morgan fingerprint density at radius 1 is 1.21 bits per heavy atom. The van der Waals surface area contributed by atoms with E-state index < -0.39 is 6.04 Å². The first kappa shape index (κ1) is 19.1. The molecule has 3 aliphatic heterocycles. The van der Waals surface area contributed by atoms with Crippen LogP contribution in [-0.4, -0.2) is 59.2 Å². The van der Waals surface area contributed by atoms with E-state index in [-0.39, 0.29) is 24.1 Å². The SMILES string of the molecule is CCNC1CCCN(Cc2ccc3c(c2)CN(C2CCC(=O)NC2=O)C3=O)C1. The zero-order valence-corrected chi connectivity index (χ0v) is 16.4. The number of carbonyl (C=O) groups is 3. The first-order valence-corrected chi connectivity index (χ1v) is 10.3. The van der Waals surface area contributed by atoms with Crippen LogP contribution < -0.4 is 10.6 Å². The van der Waals surface area contributed by atoms with Gasteiger partial charge in [-0.25, -0.2) is 0 Å². The summed E-state index contributed by atoms with van der Waals surface area (Å²) in [5.74, 6) is -0.730. The third kappa shape index (κ3) is 3.82. The molecule has 0 aromatic heterocycles. The summed E-state index contributed by atoms with van der Waals surface area (Å²) in [4.78, 5) is 40.4. The summed E-state index contributed by atoms with van der Waals surface area (Å²) in [7, 11) is 0. The first-order valence-electron chi connectivity index (χ1n) is 10.3. The van der Waals surface area contributed by atoms with Crippen LogP contribution in [0, 0.1) is 0 Å². The predicted molar refractivity (Wildman–Crippen MR) is 104 cm³/mol. The van der Waals surface area contributed by atoms with E-state index in [1.54, 1.807) is 4.90 Å². The average Bonchev–Trinajstić information content (AvgIpc) is 2.98. The van der Waals surface area contributed by atoms with Gasteiger partial charge in [-0.15, -0.1) is 0 Å². The third-order valence-electron chi connectivity index (χ3n) is 5.99. The molecule has 28 heavy (non-hydrogen) atoms. The second kappa shape index (κ2) is 8.01. The number of nitrogens with zero attached hydrogens (tertiary/aromatic N) is 2. The van der Waals surface area contributed by atoms with Crippen molar-refractivity contribution in [3.05, 3.63) is 34.9 Å². The minimum atomic E-state index is -0.552. The quantitative estimate of drug-likeness (QED) is 0.741. The van der Waals surface area contributed by atoms with Gasteiger partial charge in [0.25, 0.3) is 5.91 Å². The second-order valence-corrected chi connectivity index (χ2v) is 8.02. The summed E-state index contributed by atoms with van der Waals surface area (Å²) in [6.07, 6.45) is 3.11. The highest BCUT2D eigenvalue weighted by Gasteiger charge is 2.39. The fourth-order valence-corrected chi connectivity index (χ4v) is 4.64. The zero-order valence-electron chi connectivity index (χ0n) is 16.4. The minimum Gasteiger partial charge on any atom is -0.322 e. The van der Waals surface area contributed by atoms with Crippen molar-refractivity contribution in [3.63, 3.8) is 0 Å². The molecule has 2 atom stereocenters. The van der Waals surface area contributed by atoms with Gasteiger partial charge >= 0.3 is 0 Å². The van der Waals surface area contributed by atoms with Crippen molar-refractivity contribution < 1.29 is 14.4 Å². The molecular weight excluding hydrogens is 356 g/mol. The molecule has 2 N–H and O–H groups in total. The van der Waals surface area contributed by atoms with E-state index in [1.165, 1.54) is 18.4 Å². The Kier molecular flexibility index (Phi) is 5.46. The minimum absolute atomic E-state index is 0.110. The lowest BCUT2D eigenvalue weighted by atomic mass is 10.0. The van der Waals surface area contributed by atoms with Gasteiger partial charge in [-0.3, -0.25) is 24.6 Å². The Morgan fingerprint density at radius 3 is 2.86 bits per heavy atom. The van der Waals surface area contributed by atoms with E-state index in [1.807, 2.05) is 12.1 Å². The number of piperidine rings is 2. The van der Waals surface area contributed by atoms with Crippen molar-refractivity contribution in [1.29, 1.82) is 0 Å². The predicted octanol–water partition coefficient (Wildman–Crippen LogP) is 1.02. The third-order valence-corrected chi connectivity index (χ3v) is 5.99. The average molecular weight is 384 g/mol. The van der Waals surface area contributed by atoms with Crippen molar-refractivity contribution in [2.24, 2.45) is 0 Å². The lowest BCUT2D eigenvalue weighted by Gasteiger charge is -2.33. The molecule has 0 saturated carbocycles. The summed E-state index contributed by atoms with van der Waals surface area (Å²) >= 11 is 0. The normalized spacial score (nSPS) is 25.8. The number of rotatable bonds is 5. The lowest BCUT2D eigenvalue weighted by Crippen LogP contribution is -2.52. The summed E-state index contributed by atoms with van der Waals surface area (Å²) in [6.45, 7) is 6.60. The Balaban J connectivity index is 1.44. The van der Waals surface area contributed by atoms with Gasteiger partial charge in [0.15, 0.2) is 0 Å². The molecule has 2 fully saturated rings. The molecular formula is C21H28N4O3. The number of imide groups is 1. The van der Waals surface area contributed by atoms with Crippen LogP contribution in [-0.2, 0) is 22.7 Å². The van der Waals surface area contributed by atoms with E-state index in [9.17, 15) is 14.4 Å². The summed E-state index contributed by atoms with van der Waals surface area (Å²) in [5, 5.41) is 5.89. The molecule has 0 bridgehead atoms. The van der Waals surface area contributed by atoms with Gasteiger partial charge in [0, 0.05) is 37.7 Å². The molecule has 7 nitrogen and oxygen atoms in total. The molecule has 3 amide bonds. The van der Waals surface area contributed by atoms with Crippen LogP contribution in [0.2, 0.25) is 0 Å². The van der Waals surface area contributed by atoms with Gasteiger partial charge in [-0.1, -0.05) is 19.1 Å². The van der Waals surface area contributed by atoms with Crippen molar-refractivity contribution in [2.75, 3.05) is 19.6 Å².